The molecule has 2 N–H and O–H groups in total. The van der Waals surface area contributed by atoms with E-state index < -0.39 is 51.3 Å². The van der Waals surface area contributed by atoms with E-state index in [9.17, 15) is 26.4 Å². The van der Waals surface area contributed by atoms with Crippen LogP contribution in [0.4, 0.5) is 5.69 Å². The highest BCUT2D eigenvalue weighted by atomic mass is 32.2. The molecule has 0 saturated carbocycles. The summed E-state index contributed by atoms with van der Waals surface area (Å²) in [6.45, 7) is -0.980. The van der Waals surface area contributed by atoms with Crippen LogP contribution in [0.1, 0.15) is 0 Å². The first-order valence-electron chi connectivity index (χ1n) is 6.61. The van der Waals surface area contributed by atoms with E-state index in [1.807, 2.05) is 0 Å². The number of β-lactam (4-membered cyclic amide) rings is 1. The molecule has 12 heteroatoms. The zero-order valence-electron chi connectivity index (χ0n) is 12.5. The molecule has 1 aliphatic rings. The van der Waals surface area contributed by atoms with Gasteiger partial charge in [0.25, 0.3) is 5.91 Å². The number of rotatable bonds is 6. The number of sulfonamides is 1. The van der Waals surface area contributed by atoms with E-state index in [1.54, 1.807) is 18.2 Å². The molecule has 0 aromatic heterocycles. The number of para-hydroxylation sites is 1. The molecule has 0 spiro atoms. The number of benzene rings is 1. The van der Waals surface area contributed by atoms with Crippen LogP contribution in [0, 0.1) is 0 Å². The van der Waals surface area contributed by atoms with Crippen molar-refractivity contribution < 1.29 is 31.0 Å². The second kappa shape index (κ2) is 6.37. The van der Waals surface area contributed by atoms with Crippen molar-refractivity contribution in [3.8, 4) is 0 Å². The Morgan fingerprint density at radius 1 is 1.29 bits per heavy atom. The first-order chi connectivity index (χ1) is 11.0. The Labute approximate surface area is 139 Å². The Hall–Kier alpha value is -2.18. The van der Waals surface area contributed by atoms with Gasteiger partial charge in [-0.25, -0.2) is 12.7 Å². The highest BCUT2D eigenvalue weighted by Crippen LogP contribution is 2.17. The van der Waals surface area contributed by atoms with Crippen molar-refractivity contribution in [3.05, 3.63) is 30.3 Å². The Bertz CT molecular complexity index is 852. The molecule has 10 nitrogen and oxygen atoms in total. The van der Waals surface area contributed by atoms with Gasteiger partial charge in [0.05, 0.1) is 18.5 Å². The number of nitrogens with zero attached hydrogens (tertiary/aromatic N) is 2. The molecule has 24 heavy (non-hydrogen) atoms. The third kappa shape index (κ3) is 4.01. The van der Waals surface area contributed by atoms with Crippen LogP contribution in [0.3, 0.4) is 0 Å². The fourth-order valence-corrected chi connectivity index (χ4v) is 3.62. The average Bonchev–Trinajstić information content (AvgIpc) is 2.46. The number of hydrogen-bond acceptors (Lipinski definition) is 6. The molecule has 132 valence electrons. The lowest BCUT2D eigenvalue weighted by atomic mass is 10.1. The molecule has 0 bridgehead atoms. The van der Waals surface area contributed by atoms with E-state index in [-0.39, 0.29) is 9.99 Å². The fraction of sp³-hybridized carbons (Fsp3) is 0.333. The maximum absolute atomic E-state index is 12.0. The van der Waals surface area contributed by atoms with Crippen LogP contribution in [-0.2, 0) is 29.9 Å². The monoisotopic (exact) mass is 377 g/mol. The van der Waals surface area contributed by atoms with Crippen molar-refractivity contribution in [1.82, 2.24) is 9.62 Å². The molecule has 1 unspecified atom stereocenters. The predicted molar refractivity (Wildman–Crippen MR) is 83.8 cm³/mol. The molecule has 0 radical (unpaired) electrons. The molecule has 1 fully saturated rings. The zero-order valence-corrected chi connectivity index (χ0v) is 14.1. The standard InChI is InChI=1S/C12H15N3O7S2/c1-23(18,19)14(9-5-3-2-4-6-9)8-11(16)13-10-7-15(12(10)17)24(20,21)22/h2-6,10H,7-8H2,1H3,(H,13,16)(H,20,21,22). The summed E-state index contributed by atoms with van der Waals surface area (Å²) < 4.78 is 55.1. The molecule has 1 aromatic rings. The van der Waals surface area contributed by atoms with Gasteiger partial charge in [-0.15, -0.1) is 0 Å². The molecule has 0 aliphatic carbocycles. The minimum absolute atomic E-state index is 0.198. The number of carbonyl (C=O) groups excluding carboxylic acids is 2. The van der Waals surface area contributed by atoms with Gasteiger partial charge in [-0.3, -0.25) is 18.4 Å². The van der Waals surface area contributed by atoms with E-state index >= 15 is 0 Å². The normalized spacial score (nSPS) is 18.0. The minimum Gasteiger partial charge on any atom is -0.341 e. The van der Waals surface area contributed by atoms with Gasteiger partial charge >= 0.3 is 10.3 Å². The molecule has 1 heterocycles. The van der Waals surface area contributed by atoms with Crippen LogP contribution in [-0.4, -0.2) is 62.9 Å². The quantitative estimate of drug-likeness (QED) is 0.458. The zero-order chi connectivity index (χ0) is 18.1. The predicted octanol–water partition coefficient (Wildman–Crippen LogP) is -1.42. The number of amides is 2. The summed E-state index contributed by atoms with van der Waals surface area (Å²) in [5.41, 5.74) is 0.273. The summed E-state index contributed by atoms with van der Waals surface area (Å²) in [6, 6.07) is 6.76. The van der Waals surface area contributed by atoms with Crippen molar-refractivity contribution in [2.75, 3.05) is 23.7 Å². The third-order valence-electron chi connectivity index (χ3n) is 3.24. The number of nitrogens with one attached hydrogen (secondary N) is 1. The van der Waals surface area contributed by atoms with E-state index in [0.29, 0.717) is 0 Å². The van der Waals surface area contributed by atoms with Crippen molar-refractivity contribution in [1.29, 1.82) is 0 Å². The highest BCUT2D eigenvalue weighted by Gasteiger charge is 2.44. The lowest BCUT2D eigenvalue weighted by molar-refractivity contribution is -0.140. The van der Waals surface area contributed by atoms with Crippen molar-refractivity contribution >= 4 is 37.8 Å². The van der Waals surface area contributed by atoms with Gasteiger partial charge in [-0.2, -0.15) is 8.42 Å². The van der Waals surface area contributed by atoms with Crippen LogP contribution in [0.5, 0.6) is 0 Å². The van der Waals surface area contributed by atoms with Crippen LogP contribution in [0.25, 0.3) is 0 Å². The van der Waals surface area contributed by atoms with Crippen LogP contribution in [0.2, 0.25) is 0 Å². The maximum atomic E-state index is 12.0. The van der Waals surface area contributed by atoms with Crippen LogP contribution in [0.15, 0.2) is 30.3 Å². The molecular weight excluding hydrogens is 362 g/mol. The molecule has 2 rings (SSSR count). The second-order valence-corrected chi connectivity index (χ2v) is 8.32. The smallest absolute Gasteiger partial charge is 0.341 e. The maximum Gasteiger partial charge on any atom is 0.362 e. The van der Waals surface area contributed by atoms with Gasteiger partial charge in [-0.05, 0) is 12.1 Å². The molecule has 1 aromatic carbocycles. The Morgan fingerprint density at radius 2 is 1.88 bits per heavy atom. The molecule has 1 atom stereocenters. The summed E-state index contributed by atoms with van der Waals surface area (Å²) in [7, 11) is -8.39. The average molecular weight is 377 g/mol. The van der Waals surface area contributed by atoms with Gasteiger partial charge in [0.15, 0.2) is 0 Å². The van der Waals surface area contributed by atoms with Crippen LogP contribution < -0.4 is 9.62 Å². The van der Waals surface area contributed by atoms with Crippen LogP contribution >= 0.6 is 0 Å². The van der Waals surface area contributed by atoms with E-state index in [1.165, 1.54) is 12.1 Å². The summed E-state index contributed by atoms with van der Waals surface area (Å²) in [4.78, 5) is 23.5. The molecule has 1 aliphatic heterocycles. The third-order valence-corrected chi connectivity index (χ3v) is 5.26. The summed E-state index contributed by atoms with van der Waals surface area (Å²) in [6.07, 6.45) is 0.932. The SMILES string of the molecule is CS(=O)(=O)N(CC(=O)NC1CN(S(=O)(=O)O)C1=O)c1ccccc1. The van der Waals surface area contributed by atoms with Crippen molar-refractivity contribution in [2.45, 2.75) is 6.04 Å². The van der Waals surface area contributed by atoms with Crippen molar-refractivity contribution in [2.24, 2.45) is 0 Å². The Balaban J connectivity index is 2.04. The fourth-order valence-electron chi connectivity index (χ4n) is 2.08. The summed E-state index contributed by atoms with van der Waals surface area (Å²) in [5, 5.41) is 2.23. The molecule has 2 amide bonds. The topological polar surface area (TPSA) is 141 Å². The van der Waals surface area contributed by atoms with Gasteiger partial charge in [-0.1, -0.05) is 18.2 Å². The largest absolute Gasteiger partial charge is 0.362 e. The van der Waals surface area contributed by atoms with Gasteiger partial charge < -0.3 is 5.32 Å². The second-order valence-electron chi connectivity index (χ2n) is 5.07. The van der Waals surface area contributed by atoms with E-state index in [0.717, 1.165) is 10.6 Å². The molecule has 1 saturated heterocycles. The van der Waals surface area contributed by atoms with Gasteiger partial charge in [0.1, 0.15) is 12.6 Å². The van der Waals surface area contributed by atoms with Crippen molar-refractivity contribution in [3.63, 3.8) is 0 Å². The number of carbonyl (C=O) groups is 2. The minimum atomic E-state index is -4.65. The lowest BCUT2D eigenvalue weighted by Gasteiger charge is -2.35. The van der Waals surface area contributed by atoms with Gasteiger partial charge in [0, 0.05) is 0 Å². The number of hydrogen-bond donors (Lipinski definition) is 2. The van der Waals surface area contributed by atoms with E-state index in [2.05, 4.69) is 5.32 Å². The van der Waals surface area contributed by atoms with Gasteiger partial charge in [0.2, 0.25) is 15.9 Å². The summed E-state index contributed by atoms with van der Waals surface area (Å²) in [5.74, 6) is -1.77. The number of anilines is 1. The molecular formula is C12H15N3O7S2. The first kappa shape index (κ1) is 18.2. The lowest BCUT2D eigenvalue weighted by Crippen LogP contribution is -2.65. The Kier molecular flexibility index (Phi) is 4.82. The summed E-state index contributed by atoms with van der Waals surface area (Å²) >= 11 is 0. The highest BCUT2D eigenvalue weighted by molar-refractivity contribution is 7.92. The van der Waals surface area contributed by atoms with E-state index in [4.69, 9.17) is 4.55 Å². The first-order valence-corrected chi connectivity index (χ1v) is 9.86. The Morgan fingerprint density at radius 3 is 2.33 bits per heavy atom.